The highest BCUT2D eigenvalue weighted by Crippen LogP contribution is 2.45. The molecule has 1 aromatic heterocycles. The third kappa shape index (κ3) is 4.32. The molecule has 33 heavy (non-hydrogen) atoms. The maximum atomic E-state index is 13.5. The number of benzene rings is 1. The van der Waals surface area contributed by atoms with Crippen LogP contribution in [0, 0.1) is 29.6 Å². The summed E-state index contributed by atoms with van der Waals surface area (Å²) in [5, 5.41) is 9.08. The average molecular weight is 461 g/mol. The van der Waals surface area contributed by atoms with E-state index in [2.05, 4.69) is 0 Å². The van der Waals surface area contributed by atoms with Gasteiger partial charge in [-0.3, -0.25) is 4.79 Å². The van der Waals surface area contributed by atoms with Gasteiger partial charge in [-0.2, -0.15) is 18.4 Å². The second-order valence-corrected chi connectivity index (χ2v) is 8.81. The number of aryl methyl sites for hydroxylation is 1. The summed E-state index contributed by atoms with van der Waals surface area (Å²) in [6.07, 6.45) is -2.42. The minimum absolute atomic E-state index is 0.0407. The molecule has 9 heteroatoms. The van der Waals surface area contributed by atoms with Gasteiger partial charge in [0, 0.05) is 49.8 Å². The van der Waals surface area contributed by atoms with E-state index in [9.17, 15) is 18.0 Å². The van der Waals surface area contributed by atoms with E-state index in [1.165, 1.54) is 12.3 Å². The Morgan fingerprint density at radius 2 is 2.12 bits per heavy atom. The monoisotopic (exact) mass is 461 g/mol. The molecule has 4 rings (SSSR count). The Balaban J connectivity index is 1.59. The molecule has 1 amide bonds. The third-order valence-electron chi connectivity index (χ3n) is 6.90. The van der Waals surface area contributed by atoms with E-state index < -0.39 is 11.7 Å². The van der Waals surface area contributed by atoms with Crippen LogP contribution < -0.4 is 4.90 Å². The van der Waals surface area contributed by atoms with E-state index in [-0.39, 0.29) is 22.8 Å². The molecule has 6 nitrogen and oxygen atoms in total. The number of carbonyl (C=O) groups excluding carboxylic acids is 1. The van der Waals surface area contributed by atoms with Crippen LogP contribution in [0.1, 0.15) is 40.6 Å². The molecule has 0 saturated carbocycles. The predicted molar refractivity (Wildman–Crippen MR) is 115 cm³/mol. The molecule has 2 fully saturated rings. The Labute approximate surface area is 190 Å². The van der Waals surface area contributed by atoms with Gasteiger partial charge < -0.3 is 19.0 Å². The number of anilines is 1. The fourth-order valence-corrected chi connectivity index (χ4v) is 5.05. The van der Waals surface area contributed by atoms with Crippen LogP contribution in [-0.4, -0.2) is 50.2 Å². The standard InChI is InChI=1S/C24H26F3N3O3/c1-3-32-15-23-7-8-29(19-5-4-17(11-28)21(10-19)24(25,26)27)12-18(23)13-30(14-23)22(31)20-6-9-33-16(20)2/h4-6,9-10,18H,3,7-8,12-15H2,1-2H3/t18-,23+/m1/s1. The van der Waals surface area contributed by atoms with Gasteiger partial charge in [0.15, 0.2) is 0 Å². The van der Waals surface area contributed by atoms with Crippen LogP contribution in [-0.2, 0) is 10.9 Å². The van der Waals surface area contributed by atoms with E-state index in [1.807, 2.05) is 16.7 Å². The summed E-state index contributed by atoms with van der Waals surface area (Å²) in [6.45, 7) is 6.80. The van der Waals surface area contributed by atoms with Crippen molar-refractivity contribution in [1.29, 1.82) is 5.26 Å². The number of amides is 1. The van der Waals surface area contributed by atoms with Crippen molar-refractivity contribution in [3.05, 3.63) is 53.0 Å². The van der Waals surface area contributed by atoms with E-state index in [0.717, 1.165) is 6.07 Å². The van der Waals surface area contributed by atoms with E-state index in [1.54, 1.807) is 25.1 Å². The van der Waals surface area contributed by atoms with Gasteiger partial charge in [-0.15, -0.1) is 0 Å². The molecule has 176 valence electrons. The van der Waals surface area contributed by atoms with Gasteiger partial charge in [0.25, 0.3) is 5.91 Å². The molecular formula is C24H26F3N3O3. The third-order valence-corrected chi connectivity index (χ3v) is 6.90. The van der Waals surface area contributed by atoms with Crippen molar-refractivity contribution in [1.82, 2.24) is 4.90 Å². The van der Waals surface area contributed by atoms with Crippen LogP contribution in [0.2, 0.25) is 0 Å². The summed E-state index contributed by atoms with van der Waals surface area (Å²) in [5.74, 6) is 0.502. The number of rotatable bonds is 5. The first kappa shape index (κ1) is 23.2. The zero-order valence-electron chi connectivity index (χ0n) is 18.6. The number of hydrogen-bond donors (Lipinski definition) is 0. The highest BCUT2D eigenvalue weighted by molar-refractivity contribution is 5.95. The van der Waals surface area contributed by atoms with E-state index >= 15 is 0 Å². The lowest BCUT2D eigenvalue weighted by atomic mass is 9.73. The van der Waals surface area contributed by atoms with Crippen molar-refractivity contribution in [2.75, 3.05) is 44.3 Å². The number of hydrogen-bond acceptors (Lipinski definition) is 5. The van der Waals surface area contributed by atoms with E-state index in [4.69, 9.17) is 14.4 Å². The van der Waals surface area contributed by atoms with Crippen LogP contribution >= 0.6 is 0 Å². The Morgan fingerprint density at radius 1 is 1.33 bits per heavy atom. The molecular weight excluding hydrogens is 435 g/mol. The quantitative estimate of drug-likeness (QED) is 0.657. The number of piperidine rings is 1. The number of carbonyl (C=O) groups is 1. The van der Waals surface area contributed by atoms with Gasteiger partial charge in [-0.1, -0.05) is 0 Å². The minimum Gasteiger partial charge on any atom is -0.469 e. The summed E-state index contributed by atoms with van der Waals surface area (Å²) in [5.41, 5.74) is -0.602. The number of furan rings is 1. The van der Waals surface area contributed by atoms with Crippen molar-refractivity contribution >= 4 is 11.6 Å². The zero-order valence-corrected chi connectivity index (χ0v) is 18.6. The lowest BCUT2D eigenvalue weighted by molar-refractivity contribution is -0.137. The Hall–Kier alpha value is -2.99. The Bertz CT molecular complexity index is 1070. The molecule has 0 spiro atoms. The van der Waals surface area contributed by atoms with Gasteiger partial charge in [0.1, 0.15) is 5.76 Å². The number of halogens is 3. The molecule has 2 atom stereocenters. The number of ether oxygens (including phenoxy) is 1. The fraction of sp³-hybridized carbons (Fsp3) is 0.500. The predicted octanol–water partition coefficient (Wildman–Crippen LogP) is 4.48. The molecule has 2 aromatic rings. The van der Waals surface area contributed by atoms with Crippen LogP contribution in [0.5, 0.6) is 0 Å². The molecule has 0 bridgehead atoms. The number of nitriles is 1. The topological polar surface area (TPSA) is 69.7 Å². The van der Waals surface area contributed by atoms with Crippen LogP contribution in [0.3, 0.4) is 0 Å². The zero-order chi connectivity index (χ0) is 23.8. The number of nitrogens with zero attached hydrogens (tertiary/aromatic N) is 3. The summed E-state index contributed by atoms with van der Waals surface area (Å²) in [6, 6.07) is 7.14. The lowest BCUT2D eigenvalue weighted by Gasteiger charge is -2.44. The summed E-state index contributed by atoms with van der Waals surface area (Å²) >= 11 is 0. The van der Waals surface area contributed by atoms with Gasteiger partial charge in [-0.05, 0) is 44.5 Å². The summed E-state index contributed by atoms with van der Waals surface area (Å²) < 4.78 is 51.5. The maximum absolute atomic E-state index is 13.5. The smallest absolute Gasteiger partial charge is 0.417 e. The first-order valence-corrected chi connectivity index (χ1v) is 11.0. The first-order chi connectivity index (χ1) is 15.7. The molecule has 0 radical (unpaired) electrons. The molecule has 2 saturated heterocycles. The van der Waals surface area contributed by atoms with Gasteiger partial charge in [-0.25, -0.2) is 0 Å². The highest BCUT2D eigenvalue weighted by atomic mass is 19.4. The fourth-order valence-electron chi connectivity index (χ4n) is 5.05. The van der Waals surface area contributed by atoms with Crippen molar-refractivity contribution in [3.8, 4) is 6.07 Å². The van der Waals surface area contributed by atoms with Crippen molar-refractivity contribution < 1.29 is 27.1 Å². The molecule has 1 aromatic carbocycles. The number of alkyl halides is 3. The summed E-state index contributed by atoms with van der Waals surface area (Å²) in [7, 11) is 0. The molecule has 0 unspecified atom stereocenters. The largest absolute Gasteiger partial charge is 0.469 e. The second kappa shape index (κ2) is 8.75. The molecule has 0 aliphatic carbocycles. The molecule has 3 heterocycles. The van der Waals surface area contributed by atoms with Crippen molar-refractivity contribution in [3.63, 3.8) is 0 Å². The molecule has 0 N–H and O–H groups in total. The van der Waals surface area contributed by atoms with Gasteiger partial charge >= 0.3 is 6.18 Å². The molecule has 2 aliphatic heterocycles. The number of fused-ring (bicyclic) bond motifs is 1. The normalized spacial score (nSPS) is 22.8. The molecule has 2 aliphatic rings. The Kier molecular flexibility index (Phi) is 6.14. The van der Waals surface area contributed by atoms with E-state index in [0.29, 0.717) is 62.8 Å². The van der Waals surface area contributed by atoms with Gasteiger partial charge in [0.05, 0.1) is 35.6 Å². The Morgan fingerprint density at radius 3 is 2.76 bits per heavy atom. The summed E-state index contributed by atoms with van der Waals surface area (Å²) in [4.78, 5) is 16.9. The van der Waals surface area contributed by atoms with Crippen LogP contribution in [0.4, 0.5) is 18.9 Å². The lowest BCUT2D eigenvalue weighted by Crippen LogP contribution is -2.49. The van der Waals surface area contributed by atoms with Crippen molar-refractivity contribution in [2.24, 2.45) is 11.3 Å². The maximum Gasteiger partial charge on any atom is 0.417 e. The highest BCUT2D eigenvalue weighted by Gasteiger charge is 2.51. The minimum atomic E-state index is -4.60. The van der Waals surface area contributed by atoms with Crippen molar-refractivity contribution in [2.45, 2.75) is 26.4 Å². The SMILES string of the molecule is CCOC[C@@]12CCN(c3ccc(C#N)c(C(F)(F)F)c3)C[C@@H]1CN(C(=O)c1ccoc1C)C2. The number of likely N-dealkylation sites (tertiary alicyclic amines) is 1. The van der Waals surface area contributed by atoms with Crippen LogP contribution in [0.15, 0.2) is 34.9 Å². The second-order valence-electron chi connectivity index (χ2n) is 8.81. The van der Waals surface area contributed by atoms with Crippen LogP contribution in [0.25, 0.3) is 0 Å². The average Bonchev–Trinajstić information content (AvgIpc) is 3.39. The van der Waals surface area contributed by atoms with Gasteiger partial charge in [0.2, 0.25) is 0 Å². The first-order valence-electron chi connectivity index (χ1n) is 11.0.